The molecule has 0 aliphatic rings. The zero-order valence-corrected chi connectivity index (χ0v) is 18.7. The highest BCUT2D eigenvalue weighted by molar-refractivity contribution is 5.93. The summed E-state index contributed by atoms with van der Waals surface area (Å²) in [5, 5.41) is 10.9. The van der Waals surface area contributed by atoms with E-state index < -0.39 is 11.9 Å². The normalized spacial score (nSPS) is 11.9. The van der Waals surface area contributed by atoms with Crippen LogP contribution in [-0.4, -0.2) is 35.4 Å². The van der Waals surface area contributed by atoms with Crippen molar-refractivity contribution >= 4 is 5.91 Å². The third-order valence-electron chi connectivity index (χ3n) is 5.10. The number of carbonyl (C=O) groups is 1. The highest BCUT2D eigenvalue weighted by Gasteiger charge is 2.27. The number of methoxy groups -OCH3 is 2. The van der Waals surface area contributed by atoms with Gasteiger partial charge in [-0.2, -0.15) is 4.98 Å². The molecule has 0 aliphatic heterocycles. The van der Waals surface area contributed by atoms with Crippen molar-refractivity contribution in [3.63, 3.8) is 0 Å². The van der Waals surface area contributed by atoms with Crippen LogP contribution in [0.5, 0.6) is 11.5 Å². The average Bonchev–Trinajstić information content (AvgIpc) is 3.53. The Kier molecular flexibility index (Phi) is 6.39. The second-order valence-electron chi connectivity index (χ2n) is 7.66. The number of hydrogen-bond donors (Lipinski definition) is 1. The smallest absolute Gasteiger partial charge is 0.274 e. The summed E-state index contributed by atoms with van der Waals surface area (Å²) in [5.74, 6) is 1.92. The Labute approximate surface area is 190 Å². The van der Waals surface area contributed by atoms with Crippen LogP contribution in [0.1, 0.15) is 36.3 Å². The Morgan fingerprint density at radius 2 is 1.67 bits per heavy atom. The third kappa shape index (κ3) is 4.72. The van der Waals surface area contributed by atoms with Crippen molar-refractivity contribution in [3.8, 4) is 34.2 Å². The summed E-state index contributed by atoms with van der Waals surface area (Å²) in [6.45, 7) is 3.91. The van der Waals surface area contributed by atoms with Crippen LogP contribution < -0.4 is 14.8 Å². The molecule has 2 heterocycles. The largest absolute Gasteiger partial charge is 0.493 e. The maximum atomic E-state index is 12.9. The highest BCUT2D eigenvalue weighted by atomic mass is 16.5. The molecule has 0 saturated heterocycles. The zero-order chi connectivity index (χ0) is 23.4. The summed E-state index contributed by atoms with van der Waals surface area (Å²) in [6, 6.07) is 15.9. The number of benzene rings is 2. The molecule has 0 aliphatic carbocycles. The second-order valence-corrected chi connectivity index (χ2v) is 7.66. The van der Waals surface area contributed by atoms with Gasteiger partial charge < -0.3 is 23.8 Å². The van der Waals surface area contributed by atoms with Gasteiger partial charge in [0, 0.05) is 17.2 Å². The van der Waals surface area contributed by atoms with Gasteiger partial charge in [-0.1, -0.05) is 54.5 Å². The van der Waals surface area contributed by atoms with Gasteiger partial charge in [0.2, 0.25) is 11.7 Å². The summed E-state index contributed by atoms with van der Waals surface area (Å²) in [7, 11) is 3.11. The number of ether oxygens (including phenoxy) is 2. The molecule has 4 aromatic rings. The number of aromatic nitrogens is 3. The number of hydrogen-bond acceptors (Lipinski definition) is 8. The number of rotatable bonds is 8. The first kappa shape index (κ1) is 22.1. The molecule has 9 nitrogen and oxygen atoms in total. The van der Waals surface area contributed by atoms with E-state index in [0.29, 0.717) is 34.5 Å². The van der Waals surface area contributed by atoms with E-state index in [9.17, 15) is 4.79 Å². The topological polar surface area (TPSA) is 113 Å². The molecule has 0 radical (unpaired) electrons. The minimum Gasteiger partial charge on any atom is -0.493 e. The Hall–Kier alpha value is -4.14. The van der Waals surface area contributed by atoms with Gasteiger partial charge in [0.1, 0.15) is 6.04 Å². The van der Waals surface area contributed by atoms with Crippen LogP contribution in [0.3, 0.4) is 0 Å². The number of nitrogens with one attached hydrogen (secondary N) is 1. The summed E-state index contributed by atoms with van der Waals surface area (Å²) >= 11 is 0. The molecule has 9 heteroatoms. The first-order valence-corrected chi connectivity index (χ1v) is 10.4. The fourth-order valence-corrected chi connectivity index (χ4v) is 3.30. The molecule has 170 valence electrons. The van der Waals surface area contributed by atoms with Crippen LogP contribution in [0, 0.1) is 5.92 Å². The minimum atomic E-state index is -0.497. The van der Waals surface area contributed by atoms with Crippen LogP contribution in [-0.2, 0) is 0 Å². The zero-order valence-electron chi connectivity index (χ0n) is 18.7. The number of nitrogens with zero attached hydrogens (tertiary/aromatic N) is 3. The van der Waals surface area contributed by atoms with E-state index in [4.69, 9.17) is 18.5 Å². The molecular weight excluding hydrogens is 424 g/mol. The van der Waals surface area contributed by atoms with Crippen LogP contribution >= 0.6 is 0 Å². The lowest BCUT2D eigenvalue weighted by atomic mass is 10.0. The van der Waals surface area contributed by atoms with E-state index in [1.54, 1.807) is 38.5 Å². The Morgan fingerprint density at radius 1 is 0.909 bits per heavy atom. The molecule has 1 N–H and O–H groups in total. The minimum absolute atomic E-state index is 0.00440. The standard InChI is InChI=1S/C24H24N4O5/c1-14(2)21(24-26-22(28-33-24)15-8-6-5-7-9-15)25-23(29)17-13-19(32-27-17)16-10-11-18(30-3)20(12-16)31-4/h5-14,21H,1-4H3,(H,25,29). The van der Waals surface area contributed by atoms with E-state index in [-0.39, 0.29) is 11.6 Å². The van der Waals surface area contributed by atoms with Gasteiger partial charge in [-0.25, -0.2) is 0 Å². The maximum absolute atomic E-state index is 12.9. The number of carbonyl (C=O) groups excluding carboxylic acids is 1. The monoisotopic (exact) mass is 448 g/mol. The molecule has 0 saturated carbocycles. The molecule has 1 amide bonds. The lowest BCUT2D eigenvalue weighted by Gasteiger charge is -2.17. The predicted octanol–water partition coefficient (Wildman–Crippen LogP) is 4.54. The predicted molar refractivity (Wildman–Crippen MR) is 120 cm³/mol. The summed E-state index contributed by atoms with van der Waals surface area (Å²) in [4.78, 5) is 17.4. The van der Waals surface area contributed by atoms with Gasteiger partial charge in [0.05, 0.1) is 14.2 Å². The lowest BCUT2D eigenvalue weighted by Crippen LogP contribution is -2.32. The van der Waals surface area contributed by atoms with Crippen molar-refractivity contribution in [2.75, 3.05) is 14.2 Å². The van der Waals surface area contributed by atoms with Crippen LogP contribution in [0.2, 0.25) is 0 Å². The van der Waals surface area contributed by atoms with Crippen LogP contribution in [0.4, 0.5) is 0 Å². The summed E-state index contributed by atoms with van der Waals surface area (Å²) in [5.41, 5.74) is 1.66. The van der Waals surface area contributed by atoms with Gasteiger partial charge in [-0.05, 0) is 24.1 Å². The fourth-order valence-electron chi connectivity index (χ4n) is 3.30. The Balaban J connectivity index is 1.53. The molecule has 33 heavy (non-hydrogen) atoms. The van der Waals surface area contributed by atoms with Crippen molar-refractivity contribution in [1.29, 1.82) is 0 Å². The molecule has 0 bridgehead atoms. The van der Waals surface area contributed by atoms with E-state index in [1.807, 2.05) is 44.2 Å². The third-order valence-corrected chi connectivity index (χ3v) is 5.10. The quantitative estimate of drug-likeness (QED) is 0.418. The van der Waals surface area contributed by atoms with Crippen molar-refractivity contribution in [3.05, 3.63) is 66.2 Å². The molecule has 2 aromatic carbocycles. The van der Waals surface area contributed by atoms with Crippen molar-refractivity contribution < 1.29 is 23.3 Å². The van der Waals surface area contributed by atoms with Gasteiger partial charge in [0.15, 0.2) is 23.0 Å². The summed E-state index contributed by atoms with van der Waals surface area (Å²) < 4.78 is 21.4. The second kappa shape index (κ2) is 9.56. The van der Waals surface area contributed by atoms with Crippen molar-refractivity contribution in [1.82, 2.24) is 20.6 Å². The average molecular weight is 448 g/mol. The van der Waals surface area contributed by atoms with Crippen molar-refractivity contribution in [2.45, 2.75) is 19.9 Å². The summed E-state index contributed by atoms with van der Waals surface area (Å²) in [6.07, 6.45) is 0. The first-order chi connectivity index (χ1) is 16.0. The molecule has 1 atom stereocenters. The van der Waals surface area contributed by atoms with Gasteiger partial charge in [-0.3, -0.25) is 4.79 Å². The molecule has 0 fully saturated rings. The van der Waals surface area contributed by atoms with Crippen LogP contribution in [0.25, 0.3) is 22.7 Å². The van der Waals surface area contributed by atoms with E-state index in [0.717, 1.165) is 5.56 Å². The molecule has 4 rings (SSSR count). The SMILES string of the molecule is COc1ccc(-c2cc(C(=O)NC(c3nc(-c4ccccc4)no3)C(C)C)no2)cc1OC. The first-order valence-electron chi connectivity index (χ1n) is 10.4. The highest BCUT2D eigenvalue weighted by Crippen LogP contribution is 2.32. The van der Waals surface area contributed by atoms with Crippen LogP contribution in [0.15, 0.2) is 63.6 Å². The van der Waals surface area contributed by atoms with E-state index in [2.05, 4.69) is 20.6 Å². The van der Waals surface area contributed by atoms with Gasteiger partial charge in [-0.15, -0.1) is 0 Å². The Bertz CT molecular complexity index is 1230. The van der Waals surface area contributed by atoms with E-state index in [1.165, 1.54) is 0 Å². The molecule has 1 unspecified atom stereocenters. The fraction of sp³-hybridized carbons (Fsp3) is 0.250. The number of amides is 1. The molecule has 0 spiro atoms. The maximum Gasteiger partial charge on any atom is 0.274 e. The van der Waals surface area contributed by atoms with E-state index >= 15 is 0 Å². The molecule has 2 aromatic heterocycles. The lowest BCUT2D eigenvalue weighted by molar-refractivity contribution is 0.0904. The molecular formula is C24H24N4O5. The Morgan fingerprint density at radius 3 is 2.36 bits per heavy atom. The van der Waals surface area contributed by atoms with Crippen molar-refractivity contribution in [2.24, 2.45) is 5.92 Å². The van der Waals surface area contributed by atoms with Gasteiger partial charge >= 0.3 is 0 Å². The van der Waals surface area contributed by atoms with Gasteiger partial charge in [0.25, 0.3) is 5.91 Å².